The first kappa shape index (κ1) is 17.6. The molecule has 0 atom stereocenters. The summed E-state index contributed by atoms with van der Waals surface area (Å²) < 4.78 is 26.6. The van der Waals surface area contributed by atoms with Gasteiger partial charge in [0.15, 0.2) is 5.13 Å². The molecule has 1 amide bonds. The molecule has 1 N–H and O–H groups in total. The monoisotopic (exact) mass is 392 g/mol. The van der Waals surface area contributed by atoms with Gasteiger partial charge in [-0.2, -0.15) is 4.31 Å². The van der Waals surface area contributed by atoms with Crippen LogP contribution in [0.15, 0.2) is 34.8 Å². The molecule has 2 fully saturated rings. The molecule has 138 valence electrons. The summed E-state index contributed by atoms with van der Waals surface area (Å²) in [6.07, 6.45) is 6.28. The van der Waals surface area contributed by atoms with Crippen LogP contribution in [0.2, 0.25) is 0 Å². The second kappa shape index (κ2) is 7.05. The normalized spacial score (nSPS) is 19.4. The molecule has 2 aromatic rings. The van der Waals surface area contributed by atoms with Gasteiger partial charge in [-0.05, 0) is 37.8 Å². The lowest BCUT2D eigenvalue weighted by molar-refractivity contribution is -0.120. The Balaban J connectivity index is 1.34. The highest BCUT2D eigenvalue weighted by Gasteiger charge is 2.32. The molecule has 0 unspecified atom stereocenters. The number of carbonyl (C=O) groups is 1. The molecule has 2 aliphatic rings. The number of nitrogens with one attached hydrogen (secondary N) is 1. The summed E-state index contributed by atoms with van der Waals surface area (Å²) in [4.78, 5) is 21.0. The Bertz CT molecular complexity index is 886. The Hall–Kier alpha value is -1.84. The lowest BCUT2D eigenvalue weighted by Crippen LogP contribution is -2.41. The third-order valence-electron chi connectivity index (χ3n) is 4.84. The van der Waals surface area contributed by atoms with Gasteiger partial charge in [0.05, 0.1) is 5.69 Å². The van der Waals surface area contributed by atoms with Crippen LogP contribution in [0.5, 0.6) is 0 Å². The van der Waals surface area contributed by atoms with Crippen LogP contribution in [0.3, 0.4) is 0 Å². The minimum absolute atomic E-state index is 0.0693. The van der Waals surface area contributed by atoms with Gasteiger partial charge < -0.3 is 5.32 Å². The molecule has 1 aliphatic carbocycles. The zero-order valence-electron chi connectivity index (χ0n) is 14.2. The molecule has 1 saturated carbocycles. The maximum atomic E-state index is 12.6. The highest BCUT2D eigenvalue weighted by Crippen LogP contribution is 2.41. The molecule has 1 aliphatic heterocycles. The number of hydrogen-bond donors (Lipinski definition) is 1. The molecule has 0 radical (unpaired) electrons. The van der Waals surface area contributed by atoms with Crippen molar-refractivity contribution in [3.8, 4) is 0 Å². The number of carbonyl (C=O) groups excluding carboxylic acids is 1. The first-order valence-electron chi connectivity index (χ1n) is 8.70. The van der Waals surface area contributed by atoms with Crippen molar-refractivity contribution in [3.05, 3.63) is 35.6 Å². The third kappa shape index (κ3) is 3.65. The maximum Gasteiger partial charge on any atom is 0.244 e. The van der Waals surface area contributed by atoms with Crippen LogP contribution in [0, 0.1) is 5.92 Å². The molecule has 4 rings (SSSR count). The zero-order valence-corrected chi connectivity index (χ0v) is 15.8. The lowest BCUT2D eigenvalue weighted by Gasteiger charge is -2.30. The van der Waals surface area contributed by atoms with Crippen LogP contribution < -0.4 is 5.32 Å². The van der Waals surface area contributed by atoms with Crippen molar-refractivity contribution in [2.24, 2.45) is 5.92 Å². The van der Waals surface area contributed by atoms with E-state index in [9.17, 15) is 13.2 Å². The van der Waals surface area contributed by atoms with Crippen LogP contribution in [0.25, 0.3) is 0 Å². The van der Waals surface area contributed by atoms with Gasteiger partial charge in [0.2, 0.25) is 15.9 Å². The Kier molecular flexibility index (Phi) is 4.76. The summed E-state index contributed by atoms with van der Waals surface area (Å²) in [5.41, 5.74) is 1.07. The van der Waals surface area contributed by atoms with E-state index in [1.54, 1.807) is 18.3 Å². The number of pyridine rings is 1. The van der Waals surface area contributed by atoms with Gasteiger partial charge in [-0.3, -0.25) is 9.78 Å². The SMILES string of the molecule is O=C(Nc1nc(C2CC2)cs1)C1CCN(S(=O)(=O)c2cccnc2)CC1. The van der Waals surface area contributed by atoms with Crippen molar-refractivity contribution in [1.82, 2.24) is 14.3 Å². The number of piperidine rings is 1. The minimum Gasteiger partial charge on any atom is -0.302 e. The van der Waals surface area contributed by atoms with Crippen molar-refractivity contribution in [3.63, 3.8) is 0 Å². The Morgan fingerprint density at radius 1 is 1.23 bits per heavy atom. The largest absolute Gasteiger partial charge is 0.302 e. The van der Waals surface area contributed by atoms with Crippen molar-refractivity contribution < 1.29 is 13.2 Å². The van der Waals surface area contributed by atoms with Crippen LogP contribution >= 0.6 is 11.3 Å². The van der Waals surface area contributed by atoms with Gasteiger partial charge in [0.1, 0.15) is 4.90 Å². The van der Waals surface area contributed by atoms with Gasteiger partial charge >= 0.3 is 0 Å². The molecule has 2 aromatic heterocycles. The number of amides is 1. The van der Waals surface area contributed by atoms with Gasteiger partial charge in [0, 0.05) is 42.7 Å². The zero-order chi connectivity index (χ0) is 18.1. The predicted molar refractivity (Wildman–Crippen MR) is 98.4 cm³/mol. The fourth-order valence-electron chi connectivity index (χ4n) is 3.12. The van der Waals surface area contributed by atoms with E-state index in [1.165, 1.54) is 34.7 Å². The summed E-state index contributed by atoms with van der Waals surface area (Å²) in [5, 5.41) is 5.54. The first-order chi connectivity index (χ1) is 12.5. The molecule has 0 aromatic carbocycles. The Morgan fingerprint density at radius 3 is 2.65 bits per heavy atom. The standard InChI is InChI=1S/C17H20N4O3S2/c22-16(20-17-19-15(11-25-17)12-3-4-12)13-5-8-21(9-6-13)26(23,24)14-2-1-7-18-10-14/h1-2,7,10-13H,3-6,8-9H2,(H,19,20,22). The third-order valence-corrected chi connectivity index (χ3v) is 7.50. The average Bonchev–Trinajstić information content (AvgIpc) is 3.42. The Morgan fingerprint density at radius 2 is 2.00 bits per heavy atom. The molecule has 7 nitrogen and oxygen atoms in total. The molecule has 0 bridgehead atoms. The van der Waals surface area contributed by atoms with Crippen LogP contribution in [0.4, 0.5) is 5.13 Å². The second-order valence-corrected chi connectivity index (χ2v) is 9.50. The van der Waals surface area contributed by atoms with Crippen LogP contribution in [-0.4, -0.2) is 41.7 Å². The summed E-state index contributed by atoms with van der Waals surface area (Å²) in [6.45, 7) is 0.668. The van der Waals surface area contributed by atoms with Crippen molar-refractivity contribution in [2.75, 3.05) is 18.4 Å². The van der Waals surface area contributed by atoms with Crippen molar-refractivity contribution in [1.29, 1.82) is 0 Å². The van der Waals surface area contributed by atoms with Gasteiger partial charge in [-0.25, -0.2) is 13.4 Å². The number of thiazole rings is 1. The first-order valence-corrected chi connectivity index (χ1v) is 11.0. The molecular formula is C17H20N4O3S2. The number of hydrogen-bond acceptors (Lipinski definition) is 6. The summed E-state index contributed by atoms with van der Waals surface area (Å²) >= 11 is 1.46. The van der Waals surface area contributed by atoms with Crippen molar-refractivity contribution in [2.45, 2.75) is 36.5 Å². The smallest absolute Gasteiger partial charge is 0.244 e. The molecule has 3 heterocycles. The number of nitrogens with zero attached hydrogens (tertiary/aromatic N) is 3. The maximum absolute atomic E-state index is 12.6. The van der Waals surface area contributed by atoms with Gasteiger partial charge in [-0.15, -0.1) is 11.3 Å². The van der Waals surface area contributed by atoms with E-state index in [1.807, 2.05) is 5.38 Å². The van der Waals surface area contributed by atoms with Crippen LogP contribution in [0.1, 0.15) is 37.3 Å². The van der Waals surface area contributed by atoms with E-state index < -0.39 is 10.0 Å². The van der Waals surface area contributed by atoms with E-state index in [4.69, 9.17) is 0 Å². The van der Waals surface area contributed by atoms with E-state index in [2.05, 4.69) is 15.3 Å². The molecule has 0 spiro atoms. The lowest BCUT2D eigenvalue weighted by atomic mass is 9.97. The highest BCUT2D eigenvalue weighted by atomic mass is 32.2. The summed E-state index contributed by atoms with van der Waals surface area (Å²) in [5.74, 6) is 0.307. The van der Waals surface area contributed by atoms with E-state index in [0.717, 1.165) is 5.69 Å². The topological polar surface area (TPSA) is 92.3 Å². The van der Waals surface area contributed by atoms with Crippen LogP contribution in [-0.2, 0) is 14.8 Å². The molecule has 1 saturated heterocycles. The van der Waals surface area contributed by atoms with Gasteiger partial charge in [0.25, 0.3) is 0 Å². The predicted octanol–water partition coefficient (Wildman–Crippen LogP) is 2.45. The highest BCUT2D eigenvalue weighted by molar-refractivity contribution is 7.89. The second-order valence-electron chi connectivity index (χ2n) is 6.71. The number of aromatic nitrogens is 2. The van der Waals surface area contributed by atoms with E-state index >= 15 is 0 Å². The quantitative estimate of drug-likeness (QED) is 0.844. The Labute approximate surface area is 156 Å². The minimum atomic E-state index is -3.54. The summed E-state index contributed by atoms with van der Waals surface area (Å²) in [7, 11) is -3.54. The van der Waals surface area contributed by atoms with Gasteiger partial charge in [-0.1, -0.05) is 0 Å². The molecule has 26 heavy (non-hydrogen) atoms. The molecular weight excluding hydrogens is 372 g/mol. The van der Waals surface area contributed by atoms with E-state index in [-0.39, 0.29) is 16.7 Å². The average molecular weight is 393 g/mol. The fourth-order valence-corrected chi connectivity index (χ4v) is 5.35. The summed E-state index contributed by atoms with van der Waals surface area (Å²) in [6, 6.07) is 3.15. The van der Waals surface area contributed by atoms with Crippen molar-refractivity contribution >= 4 is 32.4 Å². The molecule has 9 heteroatoms. The van der Waals surface area contributed by atoms with E-state index in [0.29, 0.717) is 37.0 Å². The number of sulfonamides is 1. The number of anilines is 1. The number of rotatable bonds is 5. The fraction of sp³-hybridized carbons (Fsp3) is 0.471.